The van der Waals surface area contributed by atoms with Crippen LogP contribution in [0.3, 0.4) is 0 Å². The highest BCUT2D eigenvalue weighted by Gasteiger charge is 2.17. The van der Waals surface area contributed by atoms with Crippen LogP contribution in [0, 0.1) is 0 Å². The van der Waals surface area contributed by atoms with E-state index < -0.39 is 0 Å². The molecule has 1 heterocycles. The van der Waals surface area contributed by atoms with Crippen LogP contribution in [0.1, 0.15) is 11.5 Å². The Hall–Kier alpha value is -1.10. The van der Waals surface area contributed by atoms with E-state index in [4.69, 9.17) is 0 Å². The summed E-state index contributed by atoms with van der Waals surface area (Å²) in [5.41, 5.74) is 1.09. The van der Waals surface area contributed by atoms with Crippen molar-refractivity contribution in [3.63, 3.8) is 0 Å². The van der Waals surface area contributed by atoms with Crippen molar-refractivity contribution in [2.45, 2.75) is 5.92 Å². The normalized spacial score (nSPS) is 19.1. The van der Waals surface area contributed by atoms with Gasteiger partial charge in [0.2, 0.25) is 0 Å². The summed E-state index contributed by atoms with van der Waals surface area (Å²) in [6, 6.07) is 7.13. The van der Waals surface area contributed by atoms with Gasteiger partial charge in [0.1, 0.15) is 5.75 Å². The molecule has 1 fully saturated rings. The summed E-state index contributed by atoms with van der Waals surface area (Å²) in [6.45, 7) is 5.14. The molecule has 0 saturated carbocycles. The van der Waals surface area contributed by atoms with E-state index in [1.54, 1.807) is 12.1 Å². The second-order valence-corrected chi connectivity index (χ2v) is 4.52. The molecule has 94 valence electrons. The van der Waals surface area contributed by atoms with Crippen LogP contribution in [0.2, 0.25) is 0 Å². The van der Waals surface area contributed by atoms with Gasteiger partial charge < -0.3 is 20.4 Å². The molecular formula is C13H20N2O2. The largest absolute Gasteiger partial charge is 0.508 e. The van der Waals surface area contributed by atoms with E-state index in [1.165, 1.54) is 0 Å². The summed E-state index contributed by atoms with van der Waals surface area (Å²) in [5.74, 6) is 0.404. The molecule has 0 radical (unpaired) electrons. The first-order valence-electron chi connectivity index (χ1n) is 6.12. The van der Waals surface area contributed by atoms with Crippen LogP contribution < -0.4 is 5.32 Å². The molecule has 1 aromatic rings. The van der Waals surface area contributed by atoms with Gasteiger partial charge in [-0.1, -0.05) is 12.1 Å². The maximum absolute atomic E-state index is 9.47. The number of nitrogens with zero attached hydrogens (tertiary/aromatic N) is 1. The number of rotatable bonds is 4. The molecule has 0 aliphatic carbocycles. The second kappa shape index (κ2) is 6.00. The molecular weight excluding hydrogens is 216 g/mol. The van der Waals surface area contributed by atoms with Crippen molar-refractivity contribution < 1.29 is 10.2 Å². The van der Waals surface area contributed by atoms with Crippen LogP contribution in [-0.2, 0) is 0 Å². The zero-order valence-corrected chi connectivity index (χ0v) is 9.97. The van der Waals surface area contributed by atoms with Crippen molar-refractivity contribution in [1.82, 2.24) is 10.2 Å². The highest BCUT2D eigenvalue weighted by Crippen LogP contribution is 2.19. The Morgan fingerprint density at radius 2 is 1.82 bits per heavy atom. The zero-order valence-electron chi connectivity index (χ0n) is 9.97. The summed E-state index contributed by atoms with van der Waals surface area (Å²) in [5, 5.41) is 22.0. The summed E-state index contributed by atoms with van der Waals surface area (Å²) in [7, 11) is 0. The third-order valence-electron chi connectivity index (χ3n) is 3.27. The number of benzene rings is 1. The van der Waals surface area contributed by atoms with Crippen LogP contribution in [0.5, 0.6) is 5.75 Å². The van der Waals surface area contributed by atoms with Gasteiger partial charge in [-0.15, -0.1) is 0 Å². The molecule has 4 nitrogen and oxygen atoms in total. The lowest BCUT2D eigenvalue weighted by Gasteiger charge is -2.30. The fourth-order valence-electron chi connectivity index (χ4n) is 2.22. The zero-order chi connectivity index (χ0) is 12.1. The van der Waals surface area contributed by atoms with E-state index >= 15 is 0 Å². The maximum Gasteiger partial charge on any atom is 0.115 e. The van der Waals surface area contributed by atoms with E-state index in [0.29, 0.717) is 0 Å². The molecule has 1 aliphatic heterocycles. The van der Waals surface area contributed by atoms with Gasteiger partial charge in [-0.3, -0.25) is 0 Å². The molecule has 1 atom stereocenters. The minimum Gasteiger partial charge on any atom is -0.508 e. The fraction of sp³-hybridized carbons (Fsp3) is 0.538. The minimum absolute atomic E-state index is 0.133. The first kappa shape index (κ1) is 12.4. The highest BCUT2D eigenvalue weighted by atomic mass is 16.3. The van der Waals surface area contributed by atoms with E-state index in [-0.39, 0.29) is 18.3 Å². The molecule has 4 heteroatoms. The number of phenols is 1. The van der Waals surface area contributed by atoms with Gasteiger partial charge in [0.25, 0.3) is 0 Å². The molecule has 17 heavy (non-hydrogen) atoms. The monoisotopic (exact) mass is 236 g/mol. The Morgan fingerprint density at radius 3 is 2.41 bits per heavy atom. The Kier molecular flexibility index (Phi) is 4.36. The average Bonchev–Trinajstić information content (AvgIpc) is 2.38. The summed E-state index contributed by atoms with van der Waals surface area (Å²) in [6.07, 6.45) is 0. The van der Waals surface area contributed by atoms with Gasteiger partial charge in [-0.25, -0.2) is 0 Å². The third-order valence-corrected chi connectivity index (χ3v) is 3.27. The molecule has 0 amide bonds. The average molecular weight is 236 g/mol. The number of aliphatic hydroxyl groups excluding tert-OH is 1. The smallest absolute Gasteiger partial charge is 0.115 e. The second-order valence-electron chi connectivity index (χ2n) is 4.52. The first-order valence-corrected chi connectivity index (χ1v) is 6.12. The maximum atomic E-state index is 9.47. The molecule has 0 aromatic heterocycles. The van der Waals surface area contributed by atoms with Gasteiger partial charge in [-0.05, 0) is 17.7 Å². The van der Waals surface area contributed by atoms with Crippen molar-refractivity contribution in [2.75, 3.05) is 39.3 Å². The number of piperazine rings is 1. The third kappa shape index (κ3) is 3.43. The topological polar surface area (TPSA) is 55.7 Å². The number of aromatic hydroxyl groups is 1. The highest BCUT2D eigenvalue weighted by molar-refractivity contribution is 5.28. The number of hydrogen-bond acceptors (Lipinski definition) is 4. The summed E-state index contributed by atoms with van der Waals surface area (Å²) in [4.78, 5) is 2.37. The lowest BCUT2D eigenvalue weighted by molar-refractivity contribution is 0.185. The molecule has 1 aliphatic rings. The fourth-order valence-corrected chi connectivity index (χ4v) is 2.22. The summed E-state index contributed by atoms with van der Waals surface area (Å²) < 4.78 is 0. The van der Waals surface area contributed by atoms with Crippen molar-refractivity contribution >= 4 is 0 Å². The SMILES string of the molecule is OCC(CN1CCNCC1)c1ccc(O)cc1. The van der Waals surface area contributed by atoms with E-state index in [2.05, 4.69) is 10.2 Å². The molecule has 0 spiro atoms. The van der Waals surface area contributed by atoms with Gasteiger partial charge in [0.05, 0.1) is 6.61 Å². The Morgan fingerprint density at radius 1 is 1.18 bits per heavy atom. The van der Waals surface area contributed by atoms with Crippen molar-refractivity contribution in [2.24, 2.45) is 0 Å². The van der Waals surface area contributed by atoms with Crippen molar-refractivity contribution in [3.05, 3.63) is 29.8 Å². The Balaban J connectivity index is 1.97. The molecule has 1 unspecified atom stereocenters. The lowest BCUT2D eigenvalue weighted by atomic mass is 9.99. The molecule has 1 aromatic carbocycles. The van der Waals surface area contributed by atoms with Crippen molar-refractivity contribution in [1.29, 1.82) is 0 Å². The van der Waals surface area contributed by atoms with Crippen LogP contribution >= 0.6 is 0 Å². The number of aliphatic hydroxyl groups is 1. The Bertz CT molecular complexity index is 334. The summed E-state index contributed by atoms with van der Waals surface area (Å²) >= 11 is 0. The first-order chi connectivity index (χ1) is 8.29. The Labute approximate surface area is 102 Å². The molecule has 1 saturated heterocycles. The molecule has 2 rings (SSSR count). The standard InChI is InChI=1S/C13H20N2O2/c16-10-12(9-15-7-5-14-6-8-15)11-1-3-13(17)4-2-11/h1-4,12,14,16-17H,5-10H2. The van der Waals surface area contributed by atoms with Crippen LogP contribution in [-0.4, -0.2) is 54.4 Å². The number of hydrogen-bond donors (Lipinski definition) is 3. The van der Waals surface area contributed by atoms with Crippen LogP contribution in [0.25, 0.3) is 0 Å². The van der Waals surface area contributed by atoms with Gasteiger partial charge in [0.15, 0.2) is 0 Å². The predicted molar refractivity (Wildman–Crippen MR) is 67.2 cm³/mol. The van der Waals surface area contributed by atoms with E-state index in [9.17, 15) is 10.2 Å². The van der Waals surface area contributed by atoms with E-state index in [1.807, 2.05) is 12.1 Å². The predicted octanol–water partition coefficient (Wildman–Crippen LogP) is 0.373. The van der Waals surface area contributed by atoms with Crippen LogP contribution in [0.15, 0.2) is 24.3 Å². The van der Waals surface area contributed by atoms with E-state index in [0.717, 1.165) is 38.3 Å². The molecule has 3 N–H and O–H groups in total. The lowest BCUT2D eigenvalue weighted by Crippen LogP contribution is -2.45. The van der Waals surface area contributed by atoms with Crippen LogP contribution in [0.4, 0.5) is 0 Å². The van der Waals surface area contributed by atoms with Gasteiger partial charge >= 0.3 is 0 Å². The van der Waals surface area contributed by atoms with Gasteiger partial charge in [-0.2, -0.15) is 0 Å². The minimum atomic E-state index is 0.133. The van der Waals surface area contributed by atoms with Crippen molar-refractivity contribution in [3.8, 4) is 5.75 Å². The molecule has 0 bridgehead atoms. The van der Waals surface area contributed by atoms with Gasteiger partial charge in [0, 0.05) is 38.6 Å². The number of nitrogens with one attached hydrogen (secondary N) is 1. The number of phenolic OH excluding ortho intramolecular Hbond substituents is 1. The quantitative estimate of drug-likeness (QED) is 0.707.